The summed E-state index contributed by atoms with van der Waals surface area (Å²) in [6.45, 7) is 57.8. The van der Waals surface area contributed by atoms with Gasteiger partial charge >= 0.3 is 0 Å². The molecule has 0 fully saturated rings. The molecule has 0 aliphatic carbocycles. The van der Waals surface area contributed by atoms with E-state index in [1.807, 2.05) is 176 Å². The number of benzene rings is 10. The standard InChI is InChI=1S/5C21H17N2O/c1-13-8-7-10-16-19(13)20-17(24-16)12-14(2)18(21(20)22-3)15-9-5-6-11-23(15)4;1-13-9-11-17-20(18(13)16-7-5-6-12-23(16)4)19-14(2)8-10-15(22-3)21(19)24-17;1-13-11-20-16(12-15(13)18-7-5-6-10-23(18)4)21-14(2)17(22-3)8-9-19(21)24-20;1-13-8-9-17-21(19(13)16-7-5-6-10-23(16)4)20-14(2)11-15(22-3)12-18(20)24-17;1-13-10-19-17(12-16(13)18-7-5-6-8-23(18)4)21-14(2)9-15(22-3)11-20(21)24-19/h5*5-12H,1-2,4H3/q5*+1. The maximum absolute atomic E-state index is 7.84. The zero-order chi connectivity index (χ0) is 84.2. The third-order valence-corrected chi connectivity index (χ3v) is 23.0. The predicted octanol–water partition coefficient (Wildman–Crippen LogP) is 26.2. The molecule has 0 aliphatic heterocycles. The Morgan fingerprint density at radius 1 is 0.242 bits per heavy atom. The Hall–Kier alpha value is -15.6. The highest BCUT2D eigenvalue weighted by Gasteiger charge is 2.28. The Bertz CT molecular complexity index is 7870. The molecule has 0 bridgehead atoms. The monoisotopic (exact) mass is 1570 g/mol. The van der Waals surface area contributed by atoms with Gasteiger partial charge in [-0.1, -0.05) is 54.6 Å². The fraction of sp³-hybridized carbons (Fsp3) is 0.143. The second-order valence-electron chi connectivity index (χ2n) is 30.8. The van der Waals surface area contributed by atoms with E-state index >= 15 is 0 Å². The van der Waals surface area contributed by atoms with Gasteiger partial charge in [0.2, 0.25) is 39.8 Å². The minimum Gasteiger partial charge on any atom is -0.467 e. The minimum atomic E-state index is 0.563. The number of aromatic nitrogens is 5. The van der Waals surface area contributed by atoms with Crippen LogP contribution >= 0.6 is 0 Å². The number of furan rings is 5. The van der Waals surface area contributed by atoms with Crippen LogP contribution in [0.4, 0.5) is 28.4 Å². The molecule has 120 heavy (non-hydrogen) atoms. The van der Waals surface area contributed by atoms with Crippen molar-refractivity contribution in [3.05, 3.63) is 356 Å². The number of nitrogens with zero attached hydrogens (tertiary/aromatic N) is 10. The Kier molecular flexibility index (Phi) is 20.8. The molecule has 0 unspecified atom stereocenters. The molecule has 0 amide bonds. The van der Waals surface area contributed by atoms with E-state index in [4.69, 9.17) is 54.9 Å². The van der Waals surface area contributed by atoms with Crippen LogP contribution in [0.3, 0.4) is 0 Å². The maximum Gasteiger partial charge on any atom is 0.229 e. The van der Waals surface area contributed by atoms with Gasteiger partial charge in [-0.3, -0.25) is 0 Å². The van der Waals surface area contributed by atoms with Crippen LogP contribution in [-0.4, -0.2) is 0 Å². The first-order chi connectivity index (χ1) is 58.0. The lowest BCUT2D eigenvalue weighted by Gasteiger charge is -2.08. The highest BCUT2D eigenvalue weighted by atomic mass is 16.3. The minimum absolute atomic E-state index is 0.563. The topological polar surface area (TPSA) is 107 Å². The van der Waals surface area contributed by atoms with E-state index in [1.54, 1.807) is 0 Å². The lowest BCUT2D eigenvalue weighted by atomic mass is 9.96. The van der Waals surface area contributed by atoms with Crippen molar-refractivity contribution < 1.29 is 44.9 Å². The van der Waals surface area contributed by atoms with Crippen molar-refractivity contribution in [3.63, 3.8) is 0 Å². The van der Waals surface area contributed by atoms with Gasteiger partial charge in [0.1, 0.15) is 91.1 Å². The van der Waals surface area contributed by atoms with Crippen molar-refractivity contribution in [1.29, 1.82) is 0 Å². The van der Waals surface area contributed by atoms with Crippen LogP contribution in [0.5, 0.6) is 0 Å². The van der Waals surface area contributed by atoms with Crippen LogP contribution < -0.4 is 22.8 Å². The molecule has 10 heterocycles. The smallest absolute Gasteiger partial charge is 0.229 e. The van der Waals surface area contributed by atoms with E-state index < -0.39 is 0 Å². The summed E-state index contributed by atoms with van der Waals surface area (Å²) in [6.07, 6.45) is 10.2. The summed E-state index contributed by atoms with van der Waals surface area (Å²) in [5.41, 5.74) is 33.8. The van der Waals surface area contributed by atoms with Crippen LogP contribution in [0.2, 0.25) is 0 Å². The van der Waals surface area contributed by atoms with Gasteiger partial charge in [-0.15, -0.1) is 0 Å². The summed E-state index contributed by atoms with van der Waals surface area (Å²) >= 11 is 0. The SMILES string of the molecule is [C-]#[N+]c1c(-c2cccc[n+]2C)c(C)cc2oc3cccc(C)c3c12.[C-]#[N+]c1cc(C)c2c(c1)oc1cc(C)c(-c3cccc[n+]3C)cc12.[C-]#[N+]c1cc(C)c2c(c1)oc1ccc(C)c(-c3cccc[n+]3C)c12.[C-]#[N+]c1ccc(C)c2c1oc1ccc(C)c(-c3cccc[n+]3C)c12.[C-]#[N+]c1ccc2oc3cc(C)c(-c4cccc[n+]4C)cc3c2c1C. The molecule has 10 aromatic heterocycles. The van der Waals surface area contributed by atoms with Crippen LogP contribution in [0.15, 0.2) is 265 Å². The second kappa shape index (κ2) is 31.9. The van der Waals surface area contributed by atoms with Crippen molar-refractivity contribution in [2.45, 2.75) is 69.2 Å². The fourth-order valence-corrected chi connectivity index (χ4v) is 17.1. The molecule has 0 saturated carbocycles. The number of hydrogen-bond donors (Lipinski definition) is 0. The first-order valence-corrected chi connectivity index (χ1v) is 39.4. The van der Waals surface area contributed by atoms with Gasteiger partial charge in [0.15, 0.2) is 48.0 Å². The molecule has 15 heteroatoms. The van der Waals surface area contributed by atoms with E-state index in [0.717, 1.165) is 166 Å². The maximum atomic E-state index is 7.84. The fourth-order valence-electron chi connectivity index (χ4n) is 17.1. The van der Waals surface area contributed by atoms with Crippen LogP contribution in [0, 0.1) is 102 Å². The second-order valence-corrected chi connectivity index (χ2v) is 30.8. The number of aryl methyl sites for hydroxylation is 15. The van der Waals surface area contributed by atoms with Crippen LogP contribution in [0.25, 0.3) is 190 Å². The van der Waals surface area contributed by atoms with Gasteiger partial charge in [0, 0.05) is 126 Å². The Labute approximate surface area is 695 Å². The lowest BCUT2D eigenvalue weighted by Crippen LogP contribution is -2.30. The van der Waals surface area contributed by atoms with Gasteiger partial charge in [0.05, 0.1) is 49.6 Å². The van der Waals surface area contributed by atoms with Gasteiger partial charge < -0.3 is 22.1 Å². The van der Waals surface area contributed by atoms with Crippen molar-refractivity contribution in [2.24, 2.45) is 35.2 Å². The van der Waals surface area contributed by atoms with Gasteiger partial charge in [-0.05, 0) is 222 Å². The molecular formula is C105H85N10O5+5. The zero-order valence-corrected chi connectivity index (χ0v) is 69.6. The van der Waals surface area contributed by atoms with E-state index in [9.17, 15) is 0 Å². The predicted molar refractivity (Wildman–Crippen MR) is 480 cm³/mol. The molecule has 10 aromatic carbocycles. The Morgan fingerprint density at radius 2 is 0.625 bits per heavy atom. The number of hydrogen-bond acceptors (Lipinski definition) is 5. The summed E-state index contributed by atoms with van der Waals surface area (Å²) in [6, 6.07) is 70.8. The lowest BCUT2D eigenvalue weighted by molar-refractivity contribution is -0.660. The van der Waals surface area contributed by atoms with Gasteiger partial charge in [-0.2, -0.15) is 0 Å². The third kappa shape index (κ3) is 13.9. The summed E-state index contributed by atoms with van der Waals surface area (Å²) in [5, 5.41) is 10.6. The summed E-state index contributed by atoms with van der Waals surface area (Å²) in [4.78, 5) is 18.3. The van der Waals surface area contributed by atoms with Crippen LogP contribution in [0.1, 0.15) is 55.6 Å². The summed E-state index contributed by atoms with van der Waals surface area (Å²) in [7, 11) is 10.2. The van der Waals surface area contributed by atoms with Crippen LogP contribution in [-0.2, 0) is 35.2 Å². The molecule has 0 saturated heterocycles. The van der Waals surface area contributed by atoms with Crippen molar-refractivity contribution in [3.8, 4) is 56.3 Å². The molecule has 0 atom stereocenters. The first kappa shape index (κ1) is 78.3. The largest absolute Gasteiger partial charge is 0.467 e. The van der Waals surface area contributed by atoms with E-state index in [1.165, 1.54) is 50.2 Å². The number of rotatable bonds is 5. The van der Waals surface area contributed by atoms with Gasteiger partial charge in [-0.25, -0.2) is 47.1 Å². The molecule has 15 nitrogen and oxygen atoms in total. The first-order valence-electron chi connectivity index (χ1n) is 39.4. The van der Waals surface area contributed by atoms with Crippen molar-refractivity contribution >= 4 is 138 Å². The average molecular weight is 1570 g/mol. The van der Waals surface area contributed by atoms with Crippen molar-refractivity contribution in [1.82, 2.24) is 0 Å². The van der Waals surface area contributed by atoms with Gasteiger partial charge in [0.25, 0.3) is 0 Å². The molecule has 0 spiro atoms. The Balaban J connectivity index is 0.000000112. The molecule has 20 aromatic rings. The Morgan fingerprint density at radius 3 is 1.12 bits per heavy atom. The molecule has 0 aliphatic rings. The molecule has 0 radical (unpaired) electrons. The highest BCUT2D eigenvalue weighted by Crippen LogP contribution is 2.48. The normalized spacial score (nSPS) is 11.1. The average Bonchev–Trinajstić information content (AvgIpc) is 1.59. The molecule has 0 N–H and O–H groups in total. The van der Waals surface area contributed by atoms with Crippen molar-refractivity contribution in [2.75, 3.05) is 0 Å². The molecular weight excluding hydrogens is 1480 g/mol. The summed E-state index contributed by atoms with van der Waals surface area (Å²) < 4.78 is 40.8. The third-order valence-electron chi connectivity index (χ3n) is 23.0. The van der Waals surface area contributed by atoms with E-state index in [2.05, 4.69) is 219 Å². The highest BCUT2D eigenvalue weighted by molar-refractivity contribution is 6.19. The quantitative estimate of drug-likeness (QED) is 0.126. The summed E-state index contributed by atoms with van der Waals surface area (Å²) in [5.74, 6) is 0. The molecule has 20 rings (SSSR count). The number of pyridine rings is 5. The number of fused-ring (bicyclic) bond motifs is 15. The molecule has 580 valence electrons. The zero-order valence-electron chi connectivity index (χ0n) is 69.6. The van der Waals surface area contributed by atoms with E-state index in [0.29, 0.717) is 34.0 Å². The van der Waals surface area contributed by atoms with E-state index in [-0.39, 0.29) is 0 Å².